The number of rotatable bonds is 4. The van der Waals surface area contributed by atoms with Gasteiger partial charge in [-0.2, -0.15) is 0 Å². The molecule has 2 aromatic rings. The second-order valence-corrected chi connectivity index (χ2v) is 8.23. The van der Waals surface area contributed by atoms with E-state index in [0.29, 0.717) is 0 Å². The van der Waals surface area contributed by atoms with Crippen molar-refractivity contribution in [3.8, 4) is 0 Å². The summed E-state index contributed by atoms with van der Waals surface area (Å²) in [6.07, 6.45) is 3.58. The molecule has 1 aliphatic rings. The topological polar surface area (TPSA) is 56.7 Å². The van der Waals surface area contributed by atoms with E-state index in [2.05, 4.69) is 84.1 Å². The van der Waals surface area contributed by atoms with Crippen LogP contribution >= 0.6 is 39.9 Å². The van der Waals surface area contributed by atoms with Crippen molar-refractivity contribution < 1.29 is 0 Å². The van der Waals surface area contributed by atoms with Gasteiger partial charge >= 0.3 is 0 Å². The van der Waals surface area contributed by atoms with Crippen LogP contribution < -0.4 is 10.2 Å². The van der Waals surface area contributed by atoms with Crippen LogP contribution in [0.5, 0.6) is 0 Å². The standard InChI is InChI=1S/C20H27BrN6.HI/c1-20(2,16-6-4-7-17(21)14-16)15-25-18(22-3)26-10-12-27(13-11-26)19-23-8-5-9-24-19;/h4-9,14H,10-13,15H2,1-3H3,(H,22,25);1H. The molecule has 2 heterocycles. The van der Waals surface area contributed by atoms with Gasteiger partial charge in [0.1, 0.15) is 0 Å². The lowest BCUT2D eigenvalue weighted by Gasteiger charge is -2.37. The summed E-state index contributed by atoms with van der Waals surface area (Å²) in [4.78, 5) is 17.7. The lowest BCUT2D eigenvalue weighted by Crippen LogP contribution is -2.54. The average Bonchev–Trinajstić information content (AvgIpc) is 2.69. The van der Waals surface area contributed by atoms with Crippen molar-refractivity contribution in [3.63, 3.8) is 0 Å². The SMILES string of the molecule is CN=C(NCC(C)(C)c1cccc(Br)c1)N1CCN(c2ncccn2)CC1.I. The van der Waals surface area contributed by atoms with E-state index in [-0.39, 0.29) is 29.4 Å². The second-order valence-electron chi connectivity index (χ2n) is 7.32. The van der Waals surface area contributed by atoms with Crippen molar-refractivity contribution in [2.75, 3.05) is 44.7 Å². The van der Waals surface area contributed by atoms with Crippen LogP contribution in [0.4, 0.5) is 5.95 Å². The van der Waals surface area contributed by atoms with Gasteiger partial charge in [-0.05, 0) is 23.8 Å². The van der Waals surface area contributed by atoms with Crippen LogP contribution in [-0.2, 0) is 5.41 Å². The summed E-state index contributed by atoms with van der Waals surface area (Å²) in [7, 11) is 1.85. The molecule has 0 saturated carbocycles. The Morgan fingerprint density at radius 1 is 1.14 bits per heavy atom. The molecule has 1 aliphatic heterocycles. The van der Waals surface area contributed by atoms with Crippen LogP contribution in [0.15, 0.2) is 52.2 Å². The van der Waals surface area contributed by atoms with Crippen LogP contribution in [-0.4, -0.2) is 60.6 Å². The zero-order valence-corrected chi connectivity index (χ0v) is 20.5. The minimum Gasteiger partial charge on any atom is -0.355 e. The number of guanidine groups is 1. The number of hydrogen-bond acceptors (Lipinski definition) is 4. The van der Waals surface area contributed by atoms with Crippen molar-refractivity contribution in [3.05, 3.63) is 52.8 Å². The fraction of sp³-hybridized carbons (Fsp3) is 0.450. The summed E-state index contributed by atoms with van der Waals surface area (Å²) >= 11 is 3.57. The Morgan fingerprint density at radius 3 is 2.43 bits per heavy atom. The maximum absolute atomic E-state index is 4.50. The van der Waals surface area contributed by atoms with Crippen LogP contribution in [0.3, 0.4) is 0 Å². The largest absolute Gasteiger partial charge is 0.355 e. The molecule has 8 heteroatoms. The number of aliphatic imine (C=N–C) groups is 1. The predicted molar refractivity (Wildman–Crippen MR) is 130 cm³/mol. The van der Waals surface area contributed by atoms with Gasteiger partial charge in [0.2, 0.25) is 5.95 Å². The van der Waals surface area contributed by atoms with E-state index in [1.807, 2.05) is 13.1 Å². The number of piperazine rings is 1. The highest BCUT2D eigenvalue weighted by atomic mass is 127. The van der Waals surface area contributed by atoms with E-state index in [4.69, 9.17) is 0 Å². The molecule has 1 N–H and O–H groups in total. The van der Waals surface area contributed by atoms with E-state index in [9.17, 15) is 0 Å². The second kappa shape index (κ2) is 10.4. The molecule has 0 atom stereocenters. The number of anilines is 1. The third-order valence-corrected chi connectivity index (χ3v) is 5.41. The van der Waals surface area contributed by atoms with Crippen molar-refractivity contribution in [2.45, 2.75) is 19.3 Å². The summed E-state index contributed by atoms with van der Waals surface area (Å²) in [5.74, 6) is 1.75. The highest BCUT2D eigenvalue weighted by molar-refractivity contribution is 14.0. The first-order valence-corrected chi connectivity index (χ1v) is 10.0. The molecule has 0 radical (unpaired) electrons. The number of nitrogens with zero attached hydrogens (tertiary/aromatic N) is 5. The van der Waals surface area contributed by atoms with Crippen LogP contribution in [0, 0.1) is 0 Å². The Bertz CT molecular complexity index is 775. The third-order valence-electron chi connectivity index (χ3n) is 4.92. The molecule has 1 aromatic heterocycles. The summed E-state index contributed by atoms with van der Waals surface area (Å²) in [6, 6.07) is 10.3. The zero-order valence-electron chi connectivity index (χ0n) is 16.6. The Hall–Kier alpha value is -1.42. The third kappa shape index (κ3) is 5.79. The quantitative estimate of drug-likeness (QED) is 0.353. The minimum absolute atomic E-state index is 0. The van der Waals surface area contributed by atoms with Crippen LogP contribution in [0.1, 0.15) is 19.4 Å². The fourth-order valence-corrected chi connectivity index (χ4v) is 3.62. The monoisotopic (exact) mass is 558 g/mol. The first-order chi connectivity index (χ1) is 13.0. The molecule has 6 nitrogen and oxygen atoms in total. The number of halogens is 2. The van der Waals surface area contributed by atoms with E-state index < -0.39 is 0 Å². The van der Waals surface area contributed by atoms with E-state index in [0.717, 1.165) is 49.1 Å². The molecular formula is C20H28BrIN6. The Morgan fingerprint density at radius 2 is 1.82 bits per heavy atom. The van der Waals surface area contributed by atoms with Gasteiger partial charge in [0, 0.05) is 62.1 Å². The average molecular weight is 559 g/mol. The van der Waals surface area contributed by atoms with Crippen LogP contribution in [0.2, 0.25) is 0 Å². The smallest absolute Gasteiger partial charge is 0.225 e. The van der Waals surface area contributed by atoms with E-state index in [1.165, 1.54) is 5.56 Å². The summed E-state index contributed by atoms with van der Waals surface area (Å²) in [5, 5.41) is 3.56. The lowest BCUT2D eigenvalue weighted by atomic mass is 9.85. The van der Waals surface area contributed by atoms with Crippen molar-refractivity contribution in [2.24, 2.45) is 4.99 Å². The highest BCUT2D eigenvalue weighted by Gasteiger charge is 2.24. The van der Waals surface area contributed by atoms with E-state index in [1.54, 1.807) is 12.4 Å². The fourth-order valence-electron chi connectivity index (χ4n) is 3.22. The van der Waals surface area contributed by atoms with Crippen molar-refractivity contribution in [1.82, 2.24) is 20.2 Å². The highest BCUT2D eigenvalue weighted by Crippen LogP contribution is 2.25. The van der Waals surface area contributed by atoms with Crippen LogP contribution in [0.25, 0.3) is 0 Å². The van der Waals surface area contributed by atoms with Gasteiger partial charge in [-0.1, -0.05) is 41.9 Å². The summed E-state index contributed by atoms with van der Waals surface area (Å²) < 4.78 is 1.11. The van der Waals surface area contributed by atoms with E-state index >= 15 is 0 Å². The van der Waals surface area contributed by atoms with Gasteiger partial charge < -0.3 is 15.1 Å². The van der Waals surface area contributed by atoms with Gasteiger partial charge in [0.05, 0.1) is 0 Å². The molecule has 0 bridgehead atoms. The molecule has 1 fully saturated rings. The molecule has 28 heavy (non-hydrogen) atoms. The maximum Gasteiger partial charge on any atom is 0.225 e. The zero-order chi connectivity index (χ0) is 19.3. The molecule has 3 rings (SSSR count). The number of aromatic nitrogens is 2. The van der Waals surface area contributed by atoms with Gasteiger partial charge in [0.15, 0.2) is 5.96 Å². The molecule has 1 aromatic carbocycles. The lowest BCUT2D eigenvalue weighted by molar-refractivity contribution is 0.364. The predicted octanol–water partition coefficient (Wildman–Crippen LogP) is 3.53. The minimum atomic E-state index is -0.000575. The number of benzene rings is 1. The van der Waals surface area contributed by atoms with Gasteiger partial charge in [-0.3, -0.25) is 4.99 Å². The molecule has 1 saturated heterocycles. The van der Waals surface area contributed by atoms with Gasteiger partial charge in [0.25, 0.3) is 0 Å². The Balaban J connectivity index is 0.00000280. The molecule has 0 amide bonds. The molecular weight excluding hydrogens is 531 g/mol. The summed E-state index contributed by atoms with van der Waals surface area (Å²) in [5.41, 5.74) is 1.30. The molecule has 0 aliphatic carbocycles. The maximum atomic E-state index is 4.50. The van der Waals surface area contributed by atoms with Crippen molar-refractivity contribution >= 4 is 51.8 Å². The number of hydrogen-bond donors (Lipinski definition) is 1. The number of nitrogens with one attached hydrogen (secondary N) is 1. The molecule has 0 spiro atoms. The normalized spacial score (nSPS) is 15.2. The van der Waals surface area contributed by atoms with Crippen molar-refractivity contribution in [1.29, 1.82) is 0 Å². The van der Waals surface area contributed by atoms with Gasteiger partial charge in [-0.25, -0.2) is 9.97 Å². The summed E-state index contributed by atoms with van der Waals surface area (Å²) in [6.45, 7) is 8.89. The Kier molecular flexibility index (Phi) is 8.48. The first-order valence-electron chi connectivity index (χ1n) is 9.23. The van der Waals surface area contributed by atoms with Gasteiger partial charge in [-0.15, -0.1) is 24.0 Å². The first kappa shape index (κ1) is 22.9. The molecule has 0 unspecified atom stereocenters. The molecule has 152 valence electrons. The Labute approximate surface area is 193 Å².